The zero-order chi connectivity index (χ0) is 18.4. The summed E-state index contributed by atoms with van der Waals surface area (Å²) in [4.78, 5) is 24.1. The number of hydrogen-bond donors (Lipinski definition) is 3. The molecule has 0 bridgehead atoms. The summed E-state index contributed by atoms with van der Waals surface area (Å²) in [5, 5.41) is 8.55. The van der Waals surface area contributed by atoms with Gasteiger partial charge in [-0.2, -0.15) is 0 Å². The molecular weight excluding hydrogens is 398 g/mol. The molecule has 3 aromatic rings. The largest absolute Gasteiger partial charge is 0.459 e. The molecule has 2 amide bonds. The van der Waals surface area contributed by atoms with Crippen LogP contribution in [-0.4, -0.2) is 18.4 Å². The lowest BCUT2D eigenvalue weighted by atomic mass is 10.2. The lowest BCUT2D eigenvalue weighted by Gasteiger charge is -2.09. The maximum atomic E-state index is 12.1. The van der Waals surface area contributed by atoms with E-state index in [4.69, 9.17) is 4.42 Å². The van der Waals surface area contributed by atoms with E-state index in [2.05, 4.69) is 31.9 Å². The third kappa shape index (κ3) is 4.97. The molecule has 0 atom stereocenters. The topological polar surface area (TPSA) is 83.4 Å². The van der Waals surface area contributed by atoms with Crippen LogP contribution < -0.4 is 16.0 Å². The molecule has 0 aliphatic heterocycles. The van der Waals surface area contributed by atoms with Gasteiger partial charge in [-0.15, -0.1) is 0 Å². The van der Waals surface area contributed by atoms with Crippen molar-refractivity contribution in [3.8, 4) is 0 Å². The van der Waals surface area contributed by atoms with Crippen molar-refractivity contribution in [3.63, 3.8) is 0 Å². The van der Waals surface area contributed by atoms with E-state index < -0.39 is 0 Å². The van der Waals surface area contributed by atoms with Crippen molar-refractivity contribution in [2.24, 2.45) is 0 Å². The molecule has 0 saturated heterocycles. The first-order valence-electron chi connectivity index (χ1n) is 7.84. The highest BCUT2D eigenvalue weighted by Crippen LogP contribution is 2.17. The van der Waals surface area contributed by atoms with Crippen molar-refractivity contribution in [2.45, 2.75) is 0 Å². The van der Waals surface area contributed by atoms with Crippen LogP contribution in [0.5, 0.6) is 0 Å². The Morgan fingerprint density at radius 2 is 1.62 bits per heavy atom. The van der Waals surface area contributed by atoms with E-state index in [-0.39, 0.29) is 24.1 Å². The summed E-state index contributed by atoms with van der Waals surface area (Å²) in [6.45, 7) is 0.130. The Balaban J connectivity index is 1.55. The van der Waals surface area contributed by atoms with Crippen LogP contribution in [0.1, 0.15) is 10.6 Å². The van der Waals surface area contributed by atoms with E-state index in [1.54, 1.807) is 36.4 Å². The number of carbonyl (C=O) groups is 2. The van der Waals surface area contributed by atoms with E-state index in [0.717, 1.165) is 10.2 Å². The second kappa shape index (κ2) is 8.35. The fourth-order valence-corrected chi connectivity index (χ4v) is 2.49. The summed E-state index contributed by atoms with van der Waals surface area (Å²) >= 11 is 3.36. The van der Waals surface area contributed by atoms with Crippen molar-refractivity contribution in [1.29, 1.82) is 0 Å². The molecule has 0 fully saturated rings. The van der Waals surface area contributed by atoms with Crippen LogP contribution in [-0.2, 0) is 4.79 Å². The summed E-state index contributed by atoms with van der Waals surface area (Å²) in [5.74, 6) is -0.323. The number of anilines is 3. The molecular formula is C19H16BrN3O3. The van der Waals surface area contributed by atoms with E-state index in [0.29, 0.717) is 11.4 Å². The fraction of sp³-hybridized carbons (Fsp3) is 0.0526. The Labute approximate surface area is 158 Å². The van der Waals surface area contributed by atoms with E-state index >= 15 is 0 Å². The van der Waals surface area contributed by atoms with Gasteiger partial charge in [-0.05, 0) is 54.6 Å². The summed E-state index contributed by atoms with van der Waals surface area (Å²) in [6, 6.07) is 17.7. The average Bonchev–Trinajstić information content (AvgIpc) is 3.16. The van der Waals surface area contributed by atoms with Gasteiger partial charge in [-0.3, -0.25) is 9.59 Å². The standard InChI is InChI=1S/C19H16BrN3O3/c20-13-6-8-14(9-7-13)21-12-18(24)22-15-3-1-4-16(11-15)23-19(25)17-5-2-10-26-17/h1-11,21H,12H2,(H,22,24)(H,23,25). The molecule has 1 heterocycles. The third-order valence-electron chi connectivity index (χ3n) is 3.45. The average molecular weight is 414 g/mol. The summed E-state index contributed by atoms with van der Waals surface area (Å²) in [6.07, 6.45) is 1.43. The van der Waals surface area contributed by atoms with E-state index in [1.807, 2.05) is 24.3 Å². The van der Waals surface area contributed by atoms with Crippen LogP contribution in [0, 0.1) is 0 Å². The quantitative estimate of drug-likeness (QED) is 0.560. The van der Waals surface area contributed by atoms with Crippen molar-refractivity contribution in [2.75, 3.05) is 22.5 Å². The highest BCUT2D eigenvalue weighted by atomic mass is 79.9. The molecule has 6 nitrogen and oxygen atoms in total. The lowest BCUT2D eigenvalue weighted by molar-refractivity contribution is -0.114. The minimum atomic E-state index is -0.351. The first-order chi connectivity index (χ1) is 12.6. The minimum Gasteiger partial charge on any atom is -0.459 e. The molecule has 0 aliphatic rings. The fourth-order valence-electron chi connectivity index (χ4n) is 2.23. The van der Waals surface area contributed by atoms with Gasteiger partial charge in [0.1, 0.15) is 0 Å². The zero-order valence-electron chi connectivity index (χ0n) is 13.7. The van der Waals surface area contributed by atoms with Crippen LogP contribution in [0.15, 0.2) is 75.8 Å². The van der Waals surface area contributed by atoms with Crippen LogP contribution in [0.4, 0.5) is 17.1 Å². The van der Waals surface area contributed by atoms with Gasteiger partial charge < -0.3 is 20.4 Å². The van der Waals surface area contributed by atoms with Crippen molar-refractivity contribution >= 4 is 44.8 Å². The molecule has 0 radical (unpaired) electrons. The number of amides is 2. The first-order valence-corrected chi connectivity index (χ1v) is 8.64. The van der Waals surface area contributed by atoms with Crippen LogP contribution in [0.3, 0.4) is 0 Å². The first kappa shape index (κ1) is 17.8. The summed E-state index contributed by atoms with van der Waals surface area (Å²) in [7, 11) is 0. The Morgan fingerprint density at radius 1 is 0.885 bits per heavy atom. The SMILES string of the molecule is O=C(CNc1ccc(Br)cc1)Nc1cccc(NC(=O)c2ccco2)c1. The molecule has 0 saturated carbocycles. The van der Waals surface area contributed by atoms with Crippen LogP contribution in [0.25, 0.3) is 0 Å². The minimum absolute atomic E-state index is 0.130. The smallest absolute Gasteiger partial charge is 0.291 e. The molecule has 2 aromatic carbocycles. The number of hydrogen-bond acceptors (Lipinski definition) is 4. The molecule has 0 aliphatic carbocycles. The van der Waals surface area contributed by atoms with Gasteiger partial charge in [-0.25, -0.2) is 0 Å². The number of rotatable bonds is 6. The van der Waals surface area contributed by atoms with Gasteiger partial charge in [0.15, 0.2) is 5.76 Å². The van der Waals surface area contributed by atoms with Gasteiger partial charge in [0.05, 0.1) is 12.8 Å². The number of halogens is 1. The predicted molar refractivity (Wildman–Crippen MR) is 104 cm³/mol. The number of benzene rings is 2. The van der Waals surface area contributed by atoms with Gasteiger partial charge in [-0.1, -0.05) is 22.0 Å². The number of furan rings is 1. The molecule has 0 spiro atoms. The zero-order valence-corrected chi connectivity index (χ0v) is 15.2. The molecule has 3 N–H and O–H groups in total. The Bertz CT molecular complexity index is 893. The van der Waals surface area contributed by atoms with E-state index in [9.17, 15) is 9.59 Å². The summed E-state index contributed by atoms with van der Waals surface area (Å²) in [5.41, 5.74) is 2.00. The van der Waals surface area contributed by atoms with Gasteiger partial charge in [0, 0.05) is 21.5 Å². The van der Waals surface area contributed by atoms with Crippen molar-refractivity contribution in [1.82, 2.24) is 0 Å². The van der Waals surface area contributed by atoms with Gasteiger partial charge in [0.2, 0.25) is 5.91 Å². The Kier molecular flexibility index (Phi) is 5.70. The maximum Gasteiger partial charge on any atom is 0.291 e. The lowest BCUT2D eigenvalue weighted by Crippen LogP contribution is -2.21. The van der Waals surface area contributed by atoms with Crippen molar-refractivity contribution in [3.05, 3.63) is 77.2 Å². The number of carbonyl (C=O) groups excluding carboxylic acids is 2. The van der Waals surface area contributed by atoms with Gasteiger partial charge in [0.25, 0.3) is 5.91 Å². The molecule has 3 rings (SSSR count). The Morgan fingerprint density at radius 3 is 2.31 bits per heavy atom. The molecule has 1 aromatic heterocycles. The maximum absolute atomic E-state index is 12.1. The second-order valence-electron chi connectivity index (χ2n) is 5.42. The molecule has 0 unspecified atom stereocenters. The molecule has 26 heavy (non-hydrogen) atoms. The number of nitrogens with one attached hydrogen (secondary N) is 3. The van der Waals surface area contributed by atoms with Crippen LogP contribution >= 0.6 is 15.9 Å². The van der Waals surface area contributed by atoms with Gasteiger partial charge >= 0.3 is 0 Å². The van der Waals surface area contributed by atoms with Crippen molar-refractivity contribution < 1.29 is 14.0 Å². The second-order valence-corrected chi connectivity index (χ2v) is 6.34. The highest BCUT2D eigenvalue weighted by Gasteiger charge is 2.09. The Hall–Kier alpha value is -3.06. The molecule has 132 valence electrons. The monoisotopic (exact) mass is 413 g/mol. The third-order valence-corrected chi connectivity index (χ3v) is 3.98. The highest BCUT2D eigenvalue weighted by molar-refractivity contribution is 9.10. The van der Waals surface area contributed by atoms with E-state index in [1.165, 1.54) is 6.26 Å². The summed E-state index contributed by atoms with van der Waals surface area (Å²) < 4.78 is 6.02. The van der Waals surface area contributed by atoms with Crippen LogP contribution in [0.2, 0.25) is 0 Å². The predicted octanol–water partition coefficient (Wildman–Crippen LogP) is 4.35. The molecule has 7 heteroatoms. The normalized spacial score (nSPS) is 10.2.